The molecule has 0 saturated heterocycles. The number of rotatable bonds is 9. The first-order valence-electron chi connectivity index (χ1n) is 10.4. The summed E-state index contributed by atoms with van der Waals surface area (Å²) < 4.78 is 33.2. The molecule has 1 heterocycles. The molecule has 0 radical (unpaired) electrons. The Labute approximate surface area is 193 Å². The van der Waals surface area contributed by atoms with Gasteiger partial charge in [-0.1, -0.05) is 19.1 Å². The minimum Gasteiger partial charge on any atom is -0.494 e. The van der Waals surface area contributed by atoms with Gasteiger partial charge in [0.1, 0.15) is 17.4 Å². The lowest BCUT2D eigenvalue weighted by Gasteiger charge is -2.09. The fraction of sp³-hybridized carbons (Fsp3) is 0.208. The molecule has 0 fully saturated rings. The van der Waals surface area contributed by atoms with Crippen LogP contribution in [0.2, 0.25) is 0 Å². The van der Waals surface area contributed by atoms with Gasteiger partial charge in [-0.15, -0.1) is 0 Å². The first kappa shape index (κ1) is 23.9. The summed E-state index contributed by atoms with van der Waals surface area (Å²) in [6.07, 6.45) is 4.04. The number of hydrogen-bond acceptors (Lipinski definition) is 6. The largest absolute Gasteiger partial charge is 0.494 e. The molecule has 0 aliphatic carbocycles. The van der Waals surface area contributed by atoms with Gasteiger partial charge in [0.05, 0.1) is 11.5 Å². The lowest BCUT2D eigenvalue weighted by atomic mass is 10.2. The summed E-state index contributed by atoms with van der Waals surface area (Å²) in [5.74, 6) is 1.13. The number of anilines is 2. The maximum absolute atomic E-state index is 12.6. The lowest BCUT2D eigenvalue weighted by Crippen LogP contribution is -2.15. The van der Waals surface area contributed by atoms with Crippen molar-refractivity contribution in [2.24, 2.45) is 0 Å². The minimum absolute atomic E-state index is 0.0512. The smallest absolute Gasteiger partial charge is 0.263 e. The van der Waals surface area contributed by atoms with Crippen molar-refractivity contribution in [3.63, 3.8) is 0 Å². The van der Waals surface area contributed by atoms with Gasteiger partial charge in [0.15, 0.2) is 0 Å². The molecular weight excluding hydrogens is 440 g/mol. The van der Waals surface area contributed by atoms with Crippen LogP contribution in [0.4, 0.5) is 11.5 Å². The highest BCUT2D eigenvalue weighted by Gasteiger charge is 2.15. The predicted molar refractivity (Wildman–Crippen MR) is 129 cm³/mol. The third-order valence-electron chi connectivity index (χ3n) is 4.42. The van der Waals surface area contributed by atoms with E-state index >= 15 is 0 Å². The van der Waals surface area contributed by atoms with E-state index < -0.39 is 10.0 Å². The van der Waals surface area contributed by atoms with Crippen molar-refractivity contribution in [2.75, 3.05) is 16.6 Å². The molecule has 0 spiro atoms. The number of sulfonamides is 1. The number of aryl methyl sites for hydroxylation is 2. The van der Waals surface area contributed by atoms with Gasteiger partial charge in [0.25, 0.3) is 10.0 Å². The highest BCUT2D eigenvalue weighted by atomic mass is 32.2. The van der Waals surface area contributed by atoms with E-state index in [9.17, 15) is 13.2 Å². The summed E-state index contributed by atoms with van der Waals surface area (Å²) in [7, 11) is -3.83. The number of amides is 1. The van der Waals surface area contributed by atoms with E-state index in [0.29, 0.717) is 23.8 Å². The van der Waals surface area contributed by atoms with Crippen LogP contribution in [0.5, 0.6) is 5.75 Å². The maximum Gasteiger partial charge on any atom is 0.263 e. The number of benzene rings is 2. The van der Waals surface area contributed by atoms with Crippen LogP contribution in [0.3, 0.4) is 0 Å². The van der Waals surface area contributed by atoms with Crippen molar-refractivity contribution in [1.29, 1.82) is 0 Å². The van der Waals surface area contributed by atoms with Gasteiger partial charge in [-0.3, -0.25) is 9.52 Å². The minimum atomic E-state index is -3.83. The van der Waals surface area contributed by atoms with Crippen LogP contribution in [-0.2, 0) is 14.8 Å². The van der Waals surface area contributed by atoms with E-state index in [1.807, 2.05) is 31.2 Å². The summed E-state index contributed by atoms with van der Waals surface area (Å²) in [4.78, 5) is 20.5. The molecule has 0 unspecified atom stereocenters. The van der Waals surface area contributed by atoms with Crippen molar-refractivity contribution < 1.29 is 17.9 Å². The molecule has 0 atom stereocenters. The molecule has 172 valence electrons. The number of nitrogens with zero attached hydrogens (tertiary/aromatic N) is 2. The van der Waals surface area contributed by atoms with Gasteiger partial charge in [-0.2, -0.15) is 0 Å². The Bertz CT molecular complexity index is 1220. The number of aromatic nitrogens is 2. The standard InChI is InChI=1S/C24H26N4O4S/c1-4-15-32-21-10-5-19(6-11-21)7-14-24(29)27-20-8-12-22(13-9-20)33(30,31)28-23-16-17(2)25-18(3)26-23/h5-14,16H,4,15H2,1-3H3,(H,27,29)(H,25,26,28). The normalized spacial score (nSPS) is 11.4. The van der Waals surface area contributed by atoms with Crippen LogP contribution in [0.15, 0.2) is 65.6 Å². The van der Waals surface area contributed by atoms with Crippen LogP contribution in [0.1, 0.15) is 30.4 Å². The van der Waals surface area contributed by atoms with E-state index in [1.54, 1.807) is 26.0 Å². The van der Waals surface area contributed by atoms with Gasteiger partial charge in [-0.05, 0) is 68.3 Å². The van der Waals surface area contributed by atoms with Gasteiger partial charge >= 0.3 is 0 Å². The second-order valence-electron chi connectivity index (χ2n) is 7.31. The molecule has 0 bridgehead atoms. The number of carbonyl (C=O) groups is 1. The van der Waals surface area contributed by atoms with Crippen molar-refractivity contribution >= 4 is 33.5 Å². The second kappa shape index (κ2) is 10.7. The predicted octanol–water partition coefficient (Wildman–Crippen LogP) is 4.33. The van der Waals surface area contributed by atoms with Gasteiger partial charge in [0.2, 0.25) is 5.91 Å². The van der Waals surface area contributed by atoms with Crippen molar-refractivity contribution in [3.8, 4) is 5.75 Å². The fourth-order valence-electron chi connectivity index (χ4n) is 2.93. The Morgan fingerprint density at radius 1 is 1.03 bits per heavy atom. The van der Waals surface area contributed by atoms with E-state index in [4.69, 9.17) is 4.74 Å². The summed E-state index contributed by atoms with van der Waals surface area (Å²) in [6, 6.07) is 14.9. The number of nitrogens with one attached hydrogen (secondary N) is 2. The Morgan fingerprint density at radius 3 is 2.36 bits per heavy atom. The quantitative estimate of drug-likeness (QED) is 0.454. The molecule has 2 aromatic carbocycles. The van der Waals surface area contributed by atoms with Crippen LogP contribution < -0.4 is 14.8 Å². The molecular formula is C24H26N4O4S. The molecule has 8 nitrogen and oxygen atoms in total. The first-order valence-corrected chi connectivity index (χ1v) is 11.9. The zero-order valence-electron chi connectivity index (χ0n) is 18.7. The third-order valence-corrected chi connectivity index (χ3v) is 5.79. The highest BCUT2D eigenvalue weighted by Crippen LogP contribution is 2.18. The first-order chi connectivity index (χ1) is 15.7. The summed E-state index contributed by atoms with van der Waals surface area (Å²) in [5.41, 5.74) is 1.99. The number of hydrogen-bond donors (Lipinski definition) is 2. The van der Waals surface area contributed by atoms with Crippen LogP contribution in [-0.4, -0.2) is 30.9 Å². The molecule has 3 aromatic rings. The SMILES string of the molecule is CCCOc1ccc(C=CC(=O)Nc2ccc(S(=O)(=O)Nc3cc(C)nc(C)n3)cc2)cc1. The molecule has 0 aliphatic heterocycles. The number of ether oxygens (including phenoxy) is 1. The summed E-state index contributed by atoms with van der Waals surface area (Å²) >= 11 is 0. The Morgan fingerprint density at radius 2 is 1.73 bits per heavy atom. The average Bonchev–Trinajstić information content (AvgIpc) is 2.76. The summed E-state index contributed by atoms with van der Waals surface area (Å²) in [5, 5.41) is 2.71. The molecule has 0 saturated carbocycles. The van der Waals surface area contributed by atoms with E-state index in [0.717, 1.165) is 17.7 Å². The highest BCUT2D eigenvalue weighted by molar-refractivity contribution is 7.92. The zero-order valence-corrected chi connectivity index (χ0v) is 19.5. The van der Waals surface area contributed by atoms with Gasteiger partial charge in [-0.25, -0.2) is 18.4 Å². The van der Waals surface area contributed by atoms with Crippen LogP contribution >= 0.6 is 0 Å². The third kappa shape index (κ3) is 7.15. The maximum atomic E-state index is 12.6. The molecule has 1 aromatic heterocycles. The lowest BCUT2D eigenvalue weighted by molar-refractivity contribution is -0.111. The molecule has 0 aliphatic rings. The molecule has 1 amide bonds. The Balaban J connectivity index is 1.60. The van der Waals surface area contributed by atoms with E-state index in [2.05, 4.69) is 20.0 Å². The second-order valence-corrected chi connectivity index (χ2v) is 8.99. The van der Waals surface area contributed by atoms with E-state index in [-0.39, 0.29) is 16.6 Å². The van der Waals surface area contributed by atoms with Crippen molar-refractivity contribution in [3.05, 3.63) is 77.8 Å². The number of carbonyl (C=O) groups excluding carboxylic acids is 1. The zero-order chi connectivity index (χ0) is 23.8. The Kier molecular flexibility index (Phi) is 7.78. The average molecular weight is 467 g/mol. The fourth-order valence-corrected chi connectivity index (χ4v) is 3.93. The van der Waals surface area contributed by atoms with Gasteiger partial charge < -0.3 is 10.1 Å². The van der Waals surface area contributed by atoms with Crippen LogP contribution in [0.25, 0.3) is 6.08 Å². The molecule has 2 N–H and O–H groups in total. The molecule has 3 rings (SSSR count). The van der Waals surface area contributed by atoms with Crippen LogP contribution in [0, 0.1) is 13.8 Å². The van der Waals surface area contributed by atoms with Crippen molar-refractivity contribution in [2.45, 2.75) is 32.1 Å². The summed E-state index contributed by atoms with van der Waals surface area (Å²) in [6.45, 7) is 6.15. The molecule has 33 heavy (non-hydrogen) atoms. The van der Waals surface area contributed by atoms with Crippen molar-refractivity contribution in [1.82, 2.24) is 9.97 Å². The Hall–Kier alpha value is -3.72. The topological polar surface area (TPSA) is 110 Å². The van der Waals surface area contributed by atoms with E-state index in [1.165, 1.54) is 30.3 Å². The van der Waals surface area contributed by atoms with Gasteiger partial charge in [0, 0.05) is 23.5 Å². The monoisotopic (exact) mass is 466 g/mol. The molecule has 9 heteroatoms.